The van der Waals surface area contributed by atoms with Crippen LogP contribution in [0.1, 0.15) is 24.4 Å². The van der Waals surface area contributed by atoms with Gasteiger partial charge < -0.3 is 15.0 Å². The Kier molecular flexibility index (Phi) is 6.30. The summed E-state index contributed by atoms with van der Waals surface area (Å²) < 4.78 is 5.25. The second kappa shape index (κ2) is 7.99. The Morgan fingerprint density at radius 1 is 1.45 bits per heavy atom. The minimum Gasteiger partial charge on any atom is -0.384 e. The molecule has 1 aromatic rings. The fraction of sp³-hybridized carbons (Fsp3) is 0.625. The molecule has 0 bridgehead atoms. The van der Waals surface area contributed by atoms with Gasteiger partial charge in [0.15, 0.2) is 0 Å². The van der Waals surface area contributed by atoms with Crippen LogP contribution in [0.5, 0.6) is 0 Å². The Morgan fingerprint density at radius 2 is 2.25 bits per heavy atom. The molecule has 1 N–H and O–H groups in total. The number of likely N-dealkylation sites (tertiary alicyclic amines) is 1. The van der Waals surface area contributed by atoms with Gasteiger partial charge in [0.05, 0.1) is 6.61 Å². The molecule has 112 valence electrons. The summed E-state index contributed by atoms with van der Waals surface area (Å²) in [6.45, 7) is 4.34. The molecule has 2 atom stereocenters. The molecule has 3 nitrogen and oxygen atoms in total. The standard InChI is InChI=1S/C16H25ClN2O/c1-18-16(14-5-3-4-6-15(14)17)8-10-19-9-7-13(11-19)12-20-2/h3-6,13,16,18H,7-12H2,1-2H3. The summed E-state index contributed by atoms with van der Waals surface area (Å²) in [6, 6.07) is 8.43. The topological polar surface area (TPSA) is 24.5 Å². The number of nitrogens with zero attached hydrogens (tertiary/aromatic N) is 1. The van der Waals surface area contributed by atoms with E-state index in [4.69, 9.17) is 16.3 Å². The van der Waals surface area contributed by atoms with Gasteiger partial charge in [-0.3, -0.25) is 0 Å². The molecule has 0 saturated carbocycles. The van der Waals surface area contributed by atoms with E-state index in [0.717, 1.165) is 31.1 Å². The molecule has 0 aromatic heterocycles. The van der Waals surface area contributed by atoms with Crippen LogP contribution in [-0.4, -0.2) is 45.3 Å². The fourth-order valence-corrected chi connectivity index (χ4v) is 3.28. The van der Waals surface area contributed by atoms with Crippen molar-refractivity contribution < 1.29 is 4.74 Å². The van der Waals surface area contributed by atoms with Crippen molar-refractivity contribution in [1.82, 2.24) is 10.2 Å². The maximum atomic E-state index is 6.29. The molecule has 1 aliphatic rings. The number of rotatable bonds is 7. The molecule has 0 spiro atoms. The molecular formula is C16H25ClN2O. The van der Waals surface area contributed by atoms with E-state index in [1.54, 1.807) is 7.11 Å². The van der Waals surface area contributed by atoms with Crippen molar-refractivity contribution in [2.24, 2.45) is 5.92 Å². The molecule has 20 heavy (non-hydrogen) atoms. The lowest BCUT2D eigenvalue weighted by molar-refractivity contribution is 0.153. The van der Waals surface area contributed by atoms with Crippen LogP contribution in [0.3, 0.4) is 0 Å². The first kappa shape index (κ1) is 15.8. The Morgan fingerprint density at radius 3 is 2.95 bits per heavy atom. The highest BCUT2D eigenvalue weighted by atomic mass is 35.5. The van der Waals surface area contributed by atoms with Crippen molar-refractivity contribution in [2.45, 2.75) is 18.9 Å². The van der Waals surface area contributed by atoms with E-state index in [2.05, 4.69) is 22.3 Å². The van der Waals surface area contributed by atoms with E-state index in [9.17, 15) is 0 Å². The maximum absolute atomic E-state index is 6.29. The largest absolute Gasteiger partial charge is 0.384 e. The minimum absolute atomic E-state index is 0.324. The van der Waals surface area contributed by atoms with Gasteiger partial charge in [-0.1, -0.05) is 29.8 Å². The molecule has 2 rings (SSSR count). The van der Waals surface area contributed by atoms with Crippen LogP contribution in [0.4, 0.5) is 0 Å². The molecule has 0 amide bonds. The highest BCUT2D eigenvalue weighted by Crippen LogP contribution is 2.26. The van der Waals surface area contributed by atoms with Gasteiger partial charge in [0, 0.05) is 24.7 Å². The average molecular weight is 297 g/mol. The van der Waals surface area contributed by atoms with Gasteiger partial charge >= 0.3 is 0 Å². The van der Waals surface area contributed by atoms with Crippen LogP contribution in [0.25, 0.3) is 0 Å². The Labute approximate surface area is 127 Å². The van der Waals surface area contributed by atoms with Crippen molar-refractivity contribution in [3.63, 3.8) is 0 Å². The molecule has 1 aromatic carbocycles. The van der Waals surface area contributed by atoms with Crippen molar-refractivity contribution in [1.29, 1.82) is 0 Å². The van der Waals surface area contributed by atoms with E-state index in [1.165, 1.54) is 18.5 Å². The lowest BCUT2D eigenvalue weighted by Crippen LogP contribution is -2.27. The monoisotopic (exact) mass is 296 g/mol. The Hall–Kier alpha value is -0.610. The number of methoxy groups -OCH3 is 1. The smallest absolute Gasteiger partial charge is 0.0503 e. The quantitative estimate of drug-likeness (QED) is 0.837. The molecule has 2 unspecified atom stereocenters. The summed E-state index contributed by atoms with van der Waals surface area (Å²) in [7, 11) is 3.79. The molecule has 0 aliphatic carbocycles. The first-order chi connectivity index (χ1) is 9.74. The molecule has 1 heterocycles. The third-order valence-electron chi connectivity index (χ3n) is 4.14. The lowest BCUT2D eigenvalue weighted by Gasteiger charge is -2.22. The number of halogens is 1. The van der Waals surface area contributed by atoms with Crippen LogP contribution in [0.15, 0.2) is 24.3 Å². The van der Waals surface area contributed by atoms with Crippen LogP contribution >= 0.6 is 11.6 Å². The summed E-state index contributed by atoms with van der Waals surface area (Å²) in [6.07, 6.45) is 2.34. The van der Waals surface area contributed by atoms with E-state index < -0.39 is 0 Å². The van der Waals surface area contributed by atoms with Crippen LogP contribution < -0.4 is 5.32 Å². The third kappa shape index (κ3) is 4.19. The van der Waals surface area contributed by atoms with Gasteiger partial charge in [0.1, 0.15) is 0 Å². The SMILES string of the molecule is CNC(CCN1CCC(COC)C1)c1ccccc1Cl. The minimum atomic E-state index is 0.324. The first-order valence-corrected chi connectivity index (χ1v) is 7.75. The van der Waals surface area contributed by atoms with Crippen molar-refractivity contribution in [3.8, 4) is 0 Å². The molecular weight excluding hydrogens is 272 g/mol. The van der Waals surface area contributed by atoms with Gasteiger partial charge in [0.25, 0.3) is 0 Å². The van der Waals surface area contributed by atoms with Crippen LogP contribution in [-0.2, 0) is 4.74 Å². The third-order valence-corrected chi connectivity index (χ3v) is 4.48. The molecule has 1 fully saturated rings. The van der Waals surface area contributed by atoms with E-state index in [0.29, 0.717) is 12.0 Å². The second-order valence-electron chi connectivity index (χ2n) is 5.56. The number of hydrogen-bond acceptors (Lipinski definition) is 3. The van der Waals surface area contributed by atoms with E-state index >= 15 is 0 Å². The number of ether oxygens (including phenoxy) is 1. The van der Waals surface area contributed by atoms with E-state index in [-0.39, 0.29) is 0 Å². The second-order valence-corrected chi connectivity index (χ2v) is 5.97. The van der Waals surface area contributed by atoms with Crippen LogP contribution in [0, 0.1) is 5.92 Å². The van der Waals surface area contributed by atoms with Crippen molar-refractivity contribution in [2.75, 3.05) is 40.4 Å². The summed E-state index contributed by atoms with van der Waals surface area (Å²) >= 11 is 6.29. The average Bonchev–Trinajstić information content (AvgIpc) is 2.89. The zero-order chi connectivity index (χ0) is 14.4. The summed E-state index contributed by atoms with van der Waals surface area (Å²) in [4.78, 5) is 2.53. The summed E-state index contributed by atoms with van der Waals surface area (Å²) in [5, 5.41) is 4.24. The predicted molar refractivity (Wildman–Crippen MR) is 84.3 cm³/mol. The number of benzene rings is 1. The zero-order valence-electron chi connectivity index (χ0n) is 12.4. The zero-order valence-corrected chi connectivity index (χ0v) is 13.2. The molecule has 1 saturated heterocycles. The Balaban J connectivity index is 1.85. The van der Waals surface area contributed by atoms with Crippen molar-refractivity contribution in [3.05, 3.63) is 34.9 Å². The lowest BCUT2D eigenvalue weighted by atomic mass is 10.0. The highest BCUT2D eigenvalue weighted by Gasteiger charge is 2.23. The van der Waals surface area contributed by atoms with E-state index in [1.807, 2.05) is 19.2 Å². The highest BCUT2D eigenvalue weighted by molar-refractivity contribution is 6.31. The summed E-state index contributed by atoms with van der Waals surface area (Å²) in [5.74, 6) is 0.702. The van der Waals surface area contributed by atoms with Crippen molar-refractivity contribution >= 4 is 11.6 Å². The van der Waals surface area contributed by atoms with Gasteiger partial charge in [0.2, 0.25) is 0 Å². The number of nitrogens with one attached hydrogen (secondary N) is 1. The maximum Gasteiger partial charge on any atom is 0.0503 e. The number of hydrogen-bond donors (Lipinski definition) is 1. The van der Waals surface area contributed by atoms with Gasteiger partial charge in [-0.15, -0.1) is 0 Å². The molecule has 1 aliphatic heterocycles. The first-order valence-electron chi connectivity index (χ1n) is 7.37. The fourth-order valence-electron chi connectivity index (χ4n) is 3.01. The molecule has 0 radical (unpaired) electrons. The van der Waals surface area contributed by atoms with Gasteiger partial charge in [-0.05, 0) is 50.5 Å². The summed E-state index contributed by atoms with van der Waals surface area (Å²) in [5.41, 5.74) is 1.20. The predicted octanol–water partition coefficient (Wildman–Crippen LogP) is 2.96. The Bertz CT molecular complexity index is 413. The van der Waals surface area contributed by atoms with Gasteiger partial charge in [-0.25, -0.2) is 0 Å². The van der Waals surface area contributed by atoms with Gasteiger partial charge in [-0.2, -0.15) is 0 Å². The molecule has 4 heteroatoms. The van der Waals surface area contributed by atoms with Crippen LogP contribution in [0.2, 0.25) is 5.02 Å². The normalized spacial score (nSPS) is 21.2.